The lowest BCUT2D eigenvalue weighted by molar-refractivity contribution is 0.272. The molecule has 4 heteroatoms. The Morgan fingerprint density at radius 2 is 1.60 bits per heavy atom. The highest BCUT2D eigenvalue weighted by atomic mass is 16.3. The average Bonchev–Trinajstić information content (AvgIpc) is 2.29. The Labute approximate surface area is 122 Å². The van der Waals surface area contributed by atoms with E-state index in [1.165, 1.54) is 0 Å². The molecule has 0 amide bonds. The fraction of sp³-hybridized carbons (Fsp3) is 0.625. The van der Waals surface area contributed by atoms with Crippen molar-refractivity contribution >= 4 is 0 Å². The quantitative estimate of drug-likeness (QED) is 0.813. The van der Waals surface area contributed by atoms with Crippen molar-refractivity contribution < 1.29 is 10.2 Å². The molecule has 0 aliphatic rings. The Morgan fingerprint density at radius 3 is 2.10 bits per heavy atom. The maximum atomic E-state index is 10.4. The summed E-state index contributed by atoms with van der Waals surface area (Å²) >= 11 is 0. The predicted molar refractivity (Wildman–Crippen MR) is 83.4 cm³/mol. The van der Waals surface area contributed by atoms with E-state index in [0.29, 0.717) is 12.3 Å². The molecule has 1 aromatic carbocycles. The standard InChI is InChI=1S/C16H28N2O2/c1-16(2,3)14-10-13(19)9-12(15(14)20)11-18(6)8-7-17(4)5/h9-10,19-20H,7-8,11H2,1-6H3. The van der Waals surface area contributed by atoms with Crippen molar-refractivity contribution in [3.63, 3.8) is 0 Å². The van der Waals surface area contributed by atoms with Crippen molar-refractivity contribution in [2.45, 2.75) is 32.7 Å². The van der Waals surface area contributed by atoms with E-state index >= 15 is 0 Å². The highest BCUT2D eigenvalue weighted by molar-refractivity contribution is 5.48. The van der Waals surface area contributed by atoms with Crippen LogP contribution in [0.1, 0.15) is 31.9 Å². The van der Waals surface area contributed by atoms with E-state index in [9.17, 15) is 10.2 Å². The Morgan fingerprint density at radius 1 is 1.00 bits per heavy atom. The van der Waals surface area contributed by atoms with Crippen molar-refractivity contribution in [1.29, 1.82) is 0 Å². The summed E-state index contributed by atoms with van der Waals surface area (Å²) in [5, 5.41) is 20.3. The summed E-state index contributed by atoms with van der Waals surface area (Å²) in [4.78, 5) is 4.26. The molecule has 0 fully saturated rings. The van der Waals surface area contributed by atoms with Gasteiger partial charge in [0.05, 0.1) is 0 Å². The molecule has 2 N–H and O–H groups in total. The Hall–Kier alpha value is -1.26. The Balaban J connectivity index is 2.93. The Kier molecular flexibility index (Phi) is 5.42. The normalized spacial score (nSPS) is 12.4. The third-order valence-corrected chi connectivity index (χ3v) is 3.35. The van der Waals surface area contributed by atoms with Crippen LogP contribution in [-0.2, 0) is 12.0 Å². The SMILES string of the molecule is CN(C)CCN(C)Cc1cc(O)cc(C(C)(C)C)c1O. The first kappa shape index (κ1) is 16.8. The van der Waals surface area contributed by atoms with Crippen LogP contribution < -0.4 is 0 Å². The zero-order chi connectivity index (χ0) is 15.5. The molecule has 0 saturated carbocycles. The molecule has 20 heavy (non-hydrogen) atoms. The van der Waals surface area contributed by atoms with Crippen LogP contribution >= 0.6 is 0 Å². The molecule has 4 nitrogen and oxygen atoms in total. The summed E-state index contributed by atoms with van der Waals surface area (Å²) in [6.45, 7) is 8.58. The second-order valence-electron chi connectivity index (χ2n) is 6.79. The van der Waals surface area contributed by atoms with E-state index in [4.69, 9.17) is 0 Å². The fourth-order valence-electron chi connectivity index (χ4n) is 2.11. The largest absolute Gasteiger partial charge is 0.508 e. The van der Waals surface area contributed by atoms with Crippen molar-refractivity contribution in [3.8, 4) is 11.5 Å². The summed E-state index contributed by atoms with van der Waals surface area (Å²) < 4.78 is 0. The average molecular weight is 280 g/mol. The smallest absolute Gasteiger partial charge is 0.124 e. The van der Waals surface area contributed by atoms with Gasteiger partial charge in [-0.1, -0.05) is 20.8 Å². The molecule has 1 aromatic rings. The highest BCUT2D eigenvalue weighted by Crippen LogP contribution is 2.36. The topological polar surface area (TPSA) is 46.9 Å². The lowest BCUT2D eigenvalue weighted by Gasteiger charge is -2.24. The molecule has 0 saturated heterocycles. The van der Waals surface area contributed by atoms with Gasteiger partial charge in [-0.2, -0.15) is 0 Å². The lowest BCUT2D eigenvalue weighted by atomic mass is 9.85. The number of phenolic OH excluding ortho intramolecular Hbond substituents is 2. The number of likely N-dealkylation sites (N-methyl/N-ethyl adjacent to an activating group) is 2. The Bertz CT molecular complexity index is 451. The third-order valence-electron chi connectivity index (χ3n) is 3.35. The molecule has 0 spiro atoms. The van der Waals surface area contributed by atoms with Gasteiger partial charge in [-0.3, -0.25) is 0 Å². The molecule has 1 rings (SSSR count). The molecule has 114 valence electrons. The van der Waals surface area contributed by atoms with Gasteiger partial charge in [0, 0.05) is 30.8 Å². The molecule has 0 radical (unpaired) electrons. The zero-order valence-corrected chi connectivity index (χ0v) is 13.6. The number of hydrogen-bond acceptors (Lipinski definition) is 4. The van der Waals surface area contributed by atoms with E-state index in [-0.39, 0.29) is 11.2 Å². The van der Waals surface area contributed by atoms with E-state index in [2.05, 4.69) is 9.80 Å². The van der Waals surface area contributed by atoms with Gasteiger partial charge in [0.15, 0.2) is 0 Å². The predicted octanol–water partition coefficient (Wildman–Crippen LogP) is 2.39. The van der Waals surface area contributed by atoms with Gasteiger partial charge in [0.2, 0.25) is 0 Å². The van der Waals surface area contributed by atoms with Gasteiger partial charge in [-0.15, -0.1) is 0 Å². The number of phenols is 2. The minimum absolute atomic E-state index is 0.195. The van der Waals surface area contributed by atoms with Gasteiger partial charge >= 0.3 is 0 Å². The van der Waals surface area contributed by atoms with Crippen LogP contribution in [0.4, 0.5) is 0 Å². The lowest BCUT2D eigenvalue weighted by Crippen LogP contribution is -2.28. The van der Waals surface area contributed by atoms with Crippen LogP contribution in [0.25, 0.3) is 0 Å². The second-order valence-corrected chi connectivity index (χ2v) is 6.79. The van der Waals surface area contributed by atoms with E-state index in [1.54, 1.807) is 12.1 Å². The summed E-state index contributed by atoms with van der Waals surface area (Å²) in [7, 11) is 6.10. The number of nitrogens with zero attached hydrogens (tertiary/aromatic N) is 2. The van der Waals surface area contributed by atoms with Crippen LogP contribution in [0, 0.1) is 0 Å². The summed E-state index contributed by atoms with van der Waals surface area (Å²) in [6, 6.07) is 3.30. The molecule has 0 unspecified atom stereocenters. The highest BCUT2D eigenvalue weighted by Gasteiger charge is 2.21. The van der Waals surface area contributed by atoms with E-state index < -0.39 is 0 Å². The van der Waals surface area contributed by atoms with Crippen molar-refractivity contribution in [2.75, 3.05) is 34.2 Å². The molecule has 0 heterocycles. The molecular weight excluding hydrogens is 252 g/mol. The van der Waals surface area contributed by atoms with Gasteiger partial charge in [-0.25, -0.2) is 0 Å². The van der Waals surface area contributed by atoms with Crippen LogP contribution in [-0.4, -0.2) is 54.2 Å². The molecule has 0 atom stereocenters. The number of aromatic hydroxyl groups is 2. The van der Waals surface area contributed by atoms with Crippen molar-refractivity contribution in [2.24, 2.45) is 0 Å². The second kappa shape index (κ2) is 6.46. The first-order valence-corrected chi connectivity index (χ1v) is 7.00. The monoisotopic (exact) mass is 280 g/mol. The summed E-state index contributed by atoms with van der Waals surface area (Å²) in [6.07, 6.45) is 0. The minimum atomic E-state index is -0.195. The minimum Gasteiger partial charge on any atom is -0.508 e. The number of hydrogen-bond donors (Lipinski definition) is 2. The van der Waals surface area contributed by atoms with Crippen LogP contribution in [0.2, 0.25) is 0 Å². The maximum absolute atomic E-state index is 10.4. The molecular formula is C16H28N2O2. The van der Waals surface area contributed by atoms with Crippen LogP contribution in [0.5, 0.6) is 11.5 Å². The number of rotatable bonds is 5. The van der Waals surface area contributed by atoms with Crippen molar-refractivity contribution in [1.82, 2.24) is 9.80 Å². The molecule has 0 bridgehead atoms. The van der Waals surface area contributed by atoms with Gasteiger partial charge in [-0.05, 0) is 38.7 Å². The molecule has 0 aromatic heterocycles. The zero-order valence-electron chi connectivity index (χ0n) is 13.6. The van der Waals surface area contributed by atoms with Crippen LogP contribution in [0.3, 0.4) is 0 Å². The van der Waals surface area contributed by atoms with Gasteiger partial charge < -0.3 is 20.0 Å². The van der Waals surface area contributed by atoms with E-state index in [0.717, 1.165) is 24.2 Å². The van der Waals surface area contributed by atoms with Crippen molar-refractivity contribution in [3.05, 3.63) is 23.3 Å². The maximum Gasteiger partial charge on any atom is 0.124 e. The molecule has 0 aliphatic carbocycles. The first-order valence-electron chi connectivity index (χ1n) is 7.00. The molecule has 0 aliphatic heterocycles. The summed E-state index contributed by atoms with van der Waals surface area (Å²) in [5.41, 5.74) is 1.37. The van der Waals surface area contributed by atoms with Gasteiger partial charge in [0.1, 0.15) is 11.5 Å². The first-order chi connectivity index (χ1) is 9.11. The third kappa shape index (κ3) is 4.69. The van der Waals surface area contributed by atoms with E-state index in [1.807, 2.05) is 41.9 Å². The number of benzene rings is 1. The fourth-order valence-corrected chi connectivity index (χ4v) is 2.11. The van der Waals surface area contributed by atoms with Gasteiger partial charge in [0.25, 0.3) is 0 Å². The van der Waals surface area contributed by atoms with Crippen LogP contribution in [0.15, 0.2) is 12.1 Å². The summed E-state index contributed by atoms with van der Waals surface area (Å²) in [5.74, 6) is 0.510.